The van der Waals surface area contributed by atoms with Gasteiger partial charge < -0.3 is 25.4 Å². The van der Waals surface area contributed by atoms with Crippen molar-refractivity contribution < 1.29 is 14.3 Å². The van der Waals surface area contributed by atoms with Crippen LogP contribution in [0.2, 0.25) is 0 Å². The molecule has 0 aromatic heterocycles. The number of anilines is 1. The number of rotatable bonds is 7. The fourth-order valence-corrected chi connectivity index (χ4v) is 3.20. The van der Waals surface area contributed by atoms with Crippen LogP contribution in [0.1, 0.15) is 24.0 Å². The number of guanidine groups is 1. The molecule has 1 aliphatic heterocycles. The molecule has 0 radical (unpaired) electrons. The Labute approximate surface area is 165 Å². The van der Waals surface area contributed by atoms with Crippen molar-refractivity contribution in [2.75, 3.05) is 26.1 Å². The fourth-order valence-electron chi connectivity index (χ4n) is 3.20. The average Bonchev–Trinajstić information content (AvgIpc) is 3.11. The first kappa shape index (κ1) is 19.5. The number of nitrogens with two attached hydrogens (primary N) is 1. The summed E-state index contributed by atoms with van der Waals surface area (Å²) in [5.41, 5.74) is 8.93. The van der Waals surface area contributed by atoms with E-state index in [1.54, 1.807) is 26.4 Å². The molecule has 7 nitrogen and oxygen atoms in total. The zero-order valence-electron chi connectivity index (χ0n) is 16.3. The van der Waals surface area contributed by atoms with E-state index in [4.69, 9.17) is 15.2 Å². The topological polar surface area (TPSA) is 89.2 Å². The maximum absolute atomic E-state index is 11.8. The highest BCUT2D eigenvalue weighted by molar-refractivity contribution is 5.92. The largest absolute Gasteiger partial charge is 0.493 e. The highest BCUT2D eigenvalue weighted by Crippen LogP contribution is 2.29. The summed E-state index contributed by atoms with van der Waals surface area (Å²) in [7, 11) is 3.18. The monoisotopic (exact) mass is 382 g/mol. The van der Waals surface area contributed by atoms with E-state index in [0.717, 1.165) is 29.8 Å². The molecule has 1 fully saturated rings. The van der Waals surface area contributed by atoms with Crippen LogP contribution in [0.3, 0.4) is 0 Å². The molecule has 28 heavy (non-hydrogen) atoms. The minimum absolute atomic E-state index is 0.229. The number of carbonyl (C=O) groups is 1. The fraction of sp³-hybridized carbons (Fsp3) is 0.333. The molecule has 148 valence electrons. The molecule has 2 aromatic rings. The van der Waals surface area contributed by atoms with Crippen molar-refractivity contribution in [1.82, 2.24) is 4.90 Å². The van der Waals surface area contributed by atoms with Gasteiger partial charge in [-0.15, -0.1) is 0 Å². The smallest absolute Gasteiger partial charge is 0.222 e. The highest BCUT2D eigenvalue weighted by Gasteiger charge is 2.19. The van der Waals surface area contributed by atoms with Crippen LogP contribution in [0.4, 0.5) is 5.69 Å². The molecule has 0 bridgehead atoms. The van der Waals surface area contributed by atoms with Gasteiger partial charge in [0, 0.05) is 31.3 Å². The van der Waals surface area contributed by atoms with E-state index in [1.807, 2.05) is 29.2 Å². The first-order chi connectivity index (χ1) is 13.6. The average molecular weight is 382 g/mol. The van der Waals surface area contributed by atoms with E-state index in [2.05, 4.69) is 16.4 Å². The molecule has 3 rings (SSSR count). The van der Waals surface area contributed by atoms with Gasteiger partial charge in [0.1, 0.15) is 0 Å². The van der Waals surface area contributed by atoms with Gasteiger partial charge in [-0.3, -0.25) is 4.79 Å². The Morgan fingerprint density at radius 1 is 1.14 bits per heavy atom. The normalized spacial score (nSPS) is 14.3. The molecule has 1 amide bonds. The summed E-state index contributed by atoms with van der Waals surface area (Å²) in [5.74, 6) is 1.81. The number of hydrogen-bond donors (Lipinski definition) is 2. The minimum Gasteiger partial charge on any atom is -0.493 e. The summed E-state index contributed by atoms with van der Waals surface area (Å²) in [5, 5.41) is 3.06. The van der Waals surface area contributed by atoms with Crippen molar-refractivity contribution in [1.29, 1.82) is 0 Å². The second-order valence-corrected chi connectivity index (χ2v) is 6.64. The summed E-state index contributed by atoms with van der Waals surface area (Å²) in [6.07, 6.45) is 1.60. The molecular weight excluding hydrogens is 356 g/mol. The van der Waals surface area contributed by atoms with Crippen LogP contribution < -0.4 is 20.5 Å². The number of carbonyl (C=O) groups excluding carboxylic acids is 1. The second kappa shape index (κ2) is 9.12. The van der Waals surface area contributed by atoms with Crippen LogP contribution in [-0.2, 0) is 17.9 Å². The third kappa shape index (κ3) is 4.94. The van der Waals surface area contributed by atoms with Crippen LogP contribution >= 0.6 is 0 Å². The molecule has 1 saturated heterocycles. The second-order valence-electron chi connectivity index (χ2n) is 6.64. The first-order valence-electron chi connectivity index (χ1n) is 9.23. The Morgan fingerprint density at radius 2 is 1.93 bits per heavy atom. The quantitative estimate of drug-likeness (QED) is 0.568. The third-order valence-electron chi connectivity index (χ3n) is 4.62. The molecule has 7 heteroatoms. The zero-order chi connectivity index (χ0) is 19.9. The van der Waals surface area contributed by atoms with Gasteiger partial charge in [-0.1, -0.05) is 24.3 Å². The summed E-state index contributed by atoms with van der Waals surface area (Å²) < 4.78 is 10.5. The molecule has 0 unspecified atom stereocenters. The molecule has 2 aromatic carbocycles. The lowest BCUT2D eigenvalue weighted by molar-refractivity contribution is -0.128. The van der Waals surface area contributed by atoms with Crippen LogP contribution in [0, 0.1) is 0 Å². The number of methoxy groups -OCH3 is 2. The molecule has 1 aliphatic rings. The van der Waals surface area contributed by atoms with Crippen molar-refractivity contribution in [3.05, 3.63) is 53.6 Å². The summed E-state index contributed by atoms with van der Waals surface area (Å²) in [6, 6.07) is 13.5. The maximum atomic E-state index is 11.8. The van der Waals surface area contributed by atoms with Crippen molar-refractivity contribution in [3.63, 3.8) is 0 Å². The first-order valence-corrected chi connectivity index (χ1v) is 9.23. The number of hydrogen-bond acceptors (Lipinski definition) is 4. The number of ether oxygens (including phenoxy) is 2. The molecule has 0 atom stereocenters. The summed E-state index contributed by atoms with van der Waals surface area (Å²) >= 11 is 0. The number of benzene rings is 2. The Balaban J connectivity index is 1.61. The van der Waals surface area contributed by atoms with Crippen LogP contribution in [0.5, 0.6) is 11.5 Å². The number of likely N-dealkylation sites (tertiary alicyclic amines) is 1. The lowest BCUT2D eigenvalue weighted by Gasteiger charge is -2.15. The standard InChI is InChI=1S/C21H26N4O3/c1-27-18-9-8-17(12-19(18)28-2)24-21(22)23-13-15-5-3-6-16(11-15)14-25-10-4-7-20(25)26/h3,5-6,8-9,11-12H,4,7,10,13-14H2,1-2H3,(H3,22,23,24). The van der Waals surface area contributed by atoms with Crippen molar-refractivity contribution in [2.45, 2.75) is 25.9 Å². The van der Waals surface area contributed by atoms with Gasteiger partial charge >= 0.3 is 0 Å². The van der Waals surface area contributed by atoms with Gasteiger partial charge in [0.25, 0.3) is 0 Å². The SMILES string of the molecule is COc1ccc(NC(N)=NCc2cccc(CN3CCCC3=O)c2)cc1OC. The molecule has 0 aliphatic carbocycles. The zero-order valence-corrected chi connectivity index (χ0v) is 16.3. The Hall–Kier alpha value is -3.22. The van der Waals surface area contributed by atoms with Crippen molar-refractivity contribution >= 4 is 17.6 Å². The predicted molar refractivity (Wildman–Crippen MR) is 110 cm³/mol. The van der Waals surface area contributed by atoms with Crippen molar-refractivity contribution in [2.24, 2.45) is 10.7 Å². The van der Waals surface area contributed by atoms with E-state index >= 15 is 0 Å². The number of nitrogens with zero attached hydrogens (tertiary/aromatic N) is 2. The van der Waals surface area contributed by atoms with E-state index in [9.17, 15) is 4.79 Å². The van der Waals surface area contributed by atoms with E-state index in [1.165, 1.54) is 0 Å². The maximum Gasteiger partial charge on any atom is 0.222 e. The molecule has 3 N–H and O–H groups in total. The number of amides is 1. The Bertz CT molecular complexity index is 866. The minimum atomic E-state index is 0.229. The van der Waals surface area contributed by atoms with Crippen molar-refractivity contribution in [3.8, 4) is 11.5 Å². The van der Waals surface area contributed by atoms with E-state index in [0.29, 0.717) is 37.0 Å². The molecule has 1 heterocycles. The Kier molecular flexibility index (Phi) is 6.37. The van der Waals surface area contributed by atoms with Crippen LogP contribution in [0.15, 0.2) is 47.5 Å². The van der Waals surface area contributed by atoms with Gasteiger partial charge in [-0.05, 0) is 29.7 Å². The lowest BCUT2D eigenvalue weighted by atomic mass is 10.1. The highest BCUT2D eigenvalue weighted by atomic mass is 16.5. The lowest BCUT2D eigenvalue weighted by Crippen LogP contribution is -2.24. The molecule has 0 saturated carbocycles. The number of nitrogens with one attached hydrogen (secondary N) is 1. The number of aliphatic imine (C=N–C) groups is 1. The van der Waals surface area contributed by atoms with Gasteiger partial charge in [0.15, 0.2) is 17.5 Å². The molecular formula is C21H26N4O3. The van der Waals surface area contributed by atoms with Crippen LogP contribution in [0.25, 0.3) is 0 Å². The van der Waals surface area contributed by atoms with Crippen LogP contribution in [-0.4, -0.2) is 37.5 Å². The predicted octanol–water partition coefficient (Wildman–Crippen LogP) is 2.75. The van der Waals surface area contributed by atoms with E-state index < -0.39 is 0 Å². The third-order valence-corrected chi connectivity index (χ3v) is 4.62. The van der Waals surface area contributed by atoms with Gasteiger partial charge in [-0.2, -0.15) is 0 Å². The van der Waals surface area contributed by atoms with Gasteiger partial charge in [-0.25, -0.2) is 4.99 Å². The summed E-state index contributed by atoms with van der Waals surface area (Å²) in [4.78, 5) is 18.1. The summed E-state index contributed by atoms with van der Waals surface area (Å²) in [6.45, 7) is 1.94. The van der Waals surface area contributed by atoms with Gasteiger partial charge in [0.05, 0.1) is 20.8 Å². The Morgan fingerprint density at radius 3 is 2.64 bits per heavy atom. The van der Waals surface area contributed by atoms with Gasteiger partial charge in [0.2, 0.25) is 5.91 Å². The van der Waals surface area contributed by atoms with E-state index in [-0.39, 0.29) is 5.91 Å². The molecule has 0 spiro atoms.